The van der Waals surface area contributed by atoms with Crippen molar-refractivity contribution in [1.29, 1.82) is 0 Å². The molecule has 4 aliphatic carbocycles. The fourth-order valence-corrected chi connectivity index (χ4v) is 14.1. The van der Waals surface area contributed by atoms with Crippen LogP contribution in [0.1, 0.15) is 99.3 Å². The van der Waals surface area contributed by atoms with Crippen LogP contribution in [0.5, 0.6) is 0 Å². The highest BCUT2D eigenvalue weighted by Gasteiger charge is 2.69. The van der Waals surface area contributed by atoms with Gasteiger partial charge in [0, 0.05) is 19.3 Å². The average molecular weight is 897 g/mol. The molecule has 0 radical (unpaired) electrons. The second-order valence-corrected chi connectivity index (χ2v) is 21.2. The van der Waals surface area contributed by atoms with E-state index in [1.54, 1.807) is 0 Å². The van der Waals surface area contributed by atoms with Gasteiger partial charge in [0.05, 0.1) is 38.1 Å². The zero-order valence-electron chi connectivity index (χ0n) is 37.5. The molecule has 9 rings (SSSR count). The predicted octanol–water partition coefficient (Wildman–Crippen LogP) is 1.42. The van der Waals surface area contributed by atoms with Gasteiger partial charge >= 0.3 is 5.97 Å². The highest BCUT2D eigenvalue weighted by Crippen LogP contribution is 2.70. The van der Waals surface area contributed by atoms with Gasteiger partial charge in [-0.25, -0.2) is 0 Å². The molecule has 0 bridgehead atoms. The van der Waals surface area contributed by atoms with Crippen molar-refractivity contribution in [2.75, 3.05) is 19.8 Å². The first kappa shape index (κ1) is 46.7. The highest BCUT2D eigenvalue weighted by atomic mass is 16.8. The van der Waals surface area contributed by atoms with Crippen LogP contribution in [0.4, 0.5) is 0 Å². The Bertz CT molecular complexity index is 1670. The Kier molecular flexibility index (Phi) is 13.1. The van der Waals surface area contributed by atoms with Crippen LogP contribution < -0.4 is 0 Å². The summed E-state index contributed by atoms with van der Waals surface area (Å²) in [6.45, 7) is 12.0. The lowest BCUT2D eigenvalue weighted by atomic mass is 9.47. The first-order valence-electron chi connectivity index (χ1n) is 23.7. The Morgan fingerprint density at radius 3 is 2.25 bits per heavy atom. The van der Waals surface area contributed by atoms with E-state index in [-0.39, 0.29) is 29.6 Å². The molecule has 7 N–H and O–H groups in total. The van der Waals surface area contributed by atoms with Crippen molar-refractivity contribution in [3.63, 3.8) is 0 Å². The Hall–Kier alpha value is -1.39. The Morgan fingerprint density at radius 2 is 1.54 bits per heavy atom. The molecule has 0 aromatic heterocycles. The number of esters is 1. The van der Waals surface area contributed by atoms with E-state index in [0.29, 0.717) is 48.3 Å². The zero-order valence-corrected chi connectivity index (χ0v) is 37.5. The third-order valence-corrected chi connectivity index (χ3v) is 17.6. The van der Waals surface area contributed by atoms with Crippen molar-refractivity contribution >= 4 is 5.97 Å². The normalized spacial score (nSPS) is 55.6. The van der Waals surface area contributed by atoms with Crippen molar-refractivity contribution in [3.05, 3.63) is 11.6 Å². The molecule has 17 heteroatoms. The lowest BCUT2D eigenvalue weighted by Crippen LogP contribution is -2.66. The molecule has 5 aliphatic heterocycles. The molecule has 5 saturated heterocycles. The first-order chi connectivity index (χ1) is 29.9. The van der Waals surface area contributed by atoms with Gasteiger partial charge in [-0.3, -0.25) is 4.79 Å². The van der Waals surface area contributed by atoms with Crippen LogP contribution in [0.2, 0.25) is 0 Å². The molecule has 3 saturated carbocycles. The number of aliphatic hydroxyl groups excluding tert-OH is 7. The lowest BCUT2D eigenvalue weighted by Gasteiger charge is -2.58. The minimum atomic E-state index is -1.71. The summed E-state index contributed by atoms with van der Waals surface area (Å²) in [5.41, 5.74) is 1.49. The van der Waals surface area contributed by atoms with E-state index >= 15 is 0 Å². The smallest absolute Gasteiger partial charge is 0.303 e. The van der Waals surface area contributed by atoms with Crippen molar-refractivity contribution in [1.82, 2.24) is 0 Å². The van der Waals surface area contributed by atoms with Crippen molar-refractivity contribution in [2.24, 2.45) is 46.3 Å². The second-order valence-electron chi connectivity index (χ2n) is 21.2. The van der Waals surface area contributed by atoms with E-state index < -0.39 is 104 Å². The Morgan fingerprint density at radius 1 is 0.794 bits per heavy atom. The number of aliphatic hydroxyl groups is 7. The van der Waals surface area contributed by atoms with Crippen LogP contribution in [0.15, 0.2) is 11.6 Å². The molecule has 358 valence electrons. The molecule has 25 atom stereocenters. The molecular weight excluding hydrogens is 824 g/mol. The Balaban J connectivity index is 0.930. The second kappa shape index (κ2) is 17.6. The monoisotopic (exact) mass is 896 g/mol. The summed E-state index contributed by atoms with van der Waals surface area (Å²) in [5, 5.41) is 75.3. The van der Waals surface area contributed by atoms with Gasteiger partial charge in [0.25, 0.3) is 0 Å². The number of rotatable bonds is 8. The molecule has 9 aliphatic rings. The minimum Gasteiger partial charge on any atom is -0.454 e. The first-order valence-corrected chi connectivity index (χ1v) is 23.7. The SMILES string of the molecule is CC(=O)OC1C(OC2C(OC3CC[C@@]4(C)C(=CC[C@H]5[C@H]4CC[C@@]4(C)[C@H]5C[C@H]5O[C@]6(CCC(C)CO6)C(C)[C@@H]54)C3)OC(CO)C(OC3OCC(O)C(O)C3O)C2O)OC(C)C(O)C1O. The van der Waals surface area contributed by atoms with Crippen LogP contribution in [0.25, 0.3) is 0 Å². The van der Waals surface area contributed by atoms with Crippen molar-refractivity contribution < 1.29 is 83.2 Å². The fourth-order valence-electron chi connectivity index (χ4n) is 14.1. The van der Waals surface area contributed by atoms with Gasteiger partial charge in [-0.1, -0.05) is 39.3 Å². The van der Waals surface area contributed by atoms with Gasteiger partial charge in [-0.15, -0.1) is 0 Å². The number of carbonyl (C=O) groups excluding carboxylic acids is 1. The summed E-state index contributed by atoms with van der Waals surface area (Å²) >= 11 is 0. The summed E-state index contributed by atoms with van der Waals surface area (Å²) in [6, 6.07) is 0. The topological polar surface area (TPSA) is 242 Å². The molecule has 63 heavy (non-hydrogen) atoms. The minimum absolute atomic E-state index is 0.0349. The maximum absolute atomic E-state index is 12.2. The van der Waals surface area contributed by atoms with E-state index in [9.17, 15) is 40.5 Å². The van der Waals surface area contributed by atoms with Gasteiger partial charge in [0.2, 0.25) is 0 Å². The van der Waals surface area contributed by atoms with Crippen molar-refractivity contribution in [2.45, 2.75) is 203 Å². The van der Waals surface area contributed by atoms with E-state index in [2.05, 4.69) is 33.8 Å². The van der Waals surface area contributed by atoms with Crippen LogP contribution in [0, 0.1) is 46.3 Å². The summed E-state index contributed by atoms with van der Waals surface area (Å²) in [6.07, 6.45) is -9.54. The van der Waals surface area contributed by atoms with Gasteiger partial charge in [-0.2, -0.15) is 0 Å². The molecule has 0 amide bonds. The Labute approximate surface area is 369 Å². The zero-order chi connectivity index (χ0) is 44.9. The summed E-state index contributed by atoms with van der Waals surface area (Å²) in [4.78, 5) is 12.2. The quantitative estimate of drug-likeness (QED) is 0.135. The molecule has 17 nitrogen and oxygen atoms in total. The van der Waals surface area contributed by atoms with Crippen molar-refractivity contribution in [3.8, 4) is 0 Å². The maximum Gasteiger partial charge on any atom is 0.303 e. The summed E-state index contributed by atoms with van der Waals surface area (Å²) in [5.74, 6) is 1.79. The number of hydrogen-bond donors (Lipinski definition) is 7. The van der Waals surface area contributed by atoms with Gasteiger partial charge in [0.1, 0.15) is 54.9 Å². The molecule has 1 spiro atoms. The molecule has 0 aromatic rings. The standard InChI is InChI=1S/C46H72O17/c1-20-9-14-46(56-18-20)21(2)32-30(63-46)16-28-26-8-7-24-15-25(10-12-44(24,5)27(26)11-13-45(28,32)6)59-43-40(62-42-39(58-23(4)48)35(52)33(50)22(3)57-42)37(54)38(31(17-47)60-43)61-41-36(53)34(51)29(49)19-55-41/h7,20-22,25-43,47,49-54H,8-19H2,1-6H3/t20?,21?,22?,25?,26-,27+,28-,29?,30+,31?,32-,33?,34?,35?,36?,37?,38?,39?,40?,41?,42?,43?,44-,45-,46+/m0/s1. The number of ether oxygens (including phenoxy) is 9. The number of carbonyl (C=O) groups is 1. The fraction of sp³-hybridized carbons (Fsp3) is 0.935. The van der Waals surface area contributed by atoms with E-state index in [0.717, 1.165) is 58.5 Å². The summed E-state index contributed by atoms with van der Waals surface area (Å²) in [7, 11) is 0. The largest absolute Gasteiger partial charge is 0.454 e. The molecule has 0 aromatic carbocycles. The van der Waals surface area contributed by atoms with Crippen LogP contribution >= 0.6 is 0 Å². The molecule has 8 fully saturated rings. The van der Waals surface area contributed by atoms with Crippen LogP contribution in [0.3, 0.4) is 0 Å². The number of hydrogen-bond acceptors (Lipinski definition) is 17. The summed E-state index contributed by atoms with van der Waals surface area (Å²) < 4.78 is 55.7. The van der Waals surface area contributed by atoms with Crippen LogP contribution in [-0.4, -0.2) is 166 Å². The lowest BCUT2D eigenvalue weighted by molar-refractivity contribution is -0.386. The number of allylic oxidation sites excluding steroid dienone is 1. The van der Waals surface area contributed by atoms with Gasteiger partial charge < -0.3 is 78.4 Å². The predicted molar refractivity (Wildman–Crippen MR) is 218 cm³/mol. The maximum atomic E-state index is 12.2. The van der Waals surface area contributed by atoms with E-state index in [1.807, 2.05) is 0 Å². The third-order valence-electron chi connectivity index (χ3n) is 17.6. The van der Waals surface area contributed by atoms with Gasteiger partial charge in [0.15, 0.2) is 30.8 Å². The molecular formula is C46H72O17. The van der Waals surface area contributed by atoms with Gasteiger partial charge in [-0.05, 0) is 98.7 Å². The van der Waals surface area contributed by atoms with E-state index in [4.69, 9.17) is 42.6 Å². The highest BCUT2D eigenvalue weighted by molar-refractivity contribution is 5.66. The number of fused-ring (bicyclic) bond motifs is 7. The van der Waals surface area contributed by atoms with Crippen LogP contribution in [-0.2, 0) is 47.4 Å². The third kappa shape index (κ3) is 7.97. The molecule has 17 unspecified atom stereocenters. The molecule has 5 heterocycles. The van der Waals surface area contributed by atoms with E-state index in [1.165, 1.54) is 12.5 Å². The average Bonchev–Trinajstić information content (AvgIpc) is 3.70.